The van der Waals surface area contributed by atoms with E-state index in [0.29, 0.717) is 11.9 Å². The number of aromatic nitrogens is 2. The third-order valence-electron chi connectivity index (χ3n) is 3.02. The van der Waals surface area contributed by atoms with Crippen LogP contribution in [0.25, 0.3) is 17.7 Å². The molecule has 0 bridgehead atoms. The summed E-state index contributed by atoms with van der Waals surface area (Å²) in [5.41, 5.74) is 0.862. The zero-order valence-electron chi connectivity index (χ0n) is 12.6. The van der Waals surface area contributed by atoms with Crippen molar-refractivity contribution >= 4 is 23.5 Å². The molecule has 0 spiro atoms. The van der Waals surface area contributed by atoms with Gasteiger partial charge in [0.25, 0.3) is 0 Å². The van der Waals surface area contributed by atoms with E-state index < -0.39 is 0 Å². The van der Waals surface area contributed by atoms with Crippen LogP contribution in [0.5, 0.6) is 0 Å². The summed E-state index contributed by atoms with van der Waals surface area (Å²) in [5, 5.41) is 5.38. The summed E-state index contributed by atoms with van der Waals surface area (Å²) in [6.45, 7) is 11.8. The fourth-order valence-electron chi connectivity index (χ4n) is 2.11. The Morgan fingerprint density at radius 3 is 2.81 bits per heavy atom. The van der Waals surface area contributed by atoms with Crippen LogP contribution in [0.15, 0.2) is 43.5 Å². The van der Waals surface area contributed by atoms with E-state index in [2.05, 4.69) is 54.4 Å². The van der Waals surface area contributed by atoms with Crippen LogP contribution in [0, 0.1) is 0 Å². The van der Waals surface area contributed by atoms with Crippen molar-refractivity contribution in [3.05, 3.63) is 59.9 Å². The average molecular weight is 279 g/mol. The van der Waals surface area contributed by atoms with E-state index in [1.54, 1.807) is 12.2 Å². The van der Waals surface area contributed by atoms with Crippen LogP contribution in [0.2, 0.25) is 0 Å². The predicted molar refractivity (Wildman–Crippen MR) is 91.1 cm³/mol. The largest absolute Gasteiger partial charge is 0.367 e. The van der Waals surface area contributed by atoms with Crippen LogP contribution >= 0.6 is 0 Å². The minimum Gasteiger partial charge on any atom is -0.367 e. The van der Waals surface area contributed by atoms with E-state index in [0.717, 1.165) is 28.4 Å². The van der Waals surface area contributed by atoms with E-state index in [1.807, 2.05) is 18.2 Å². The number of hydrogen-bond acceptors (Lipinski definition) is 3. The highest BCUT2D eigenvalue weighted by Crippen LogP contribution is 2.10. The Morgan fingerprint density at radius 1 is 1.33 bits per heavy atom. The first-order valence-electron chi connectivity index (χ1n) is 7.13. The summed E-state index contributed by atoms with van der Waals surface area (Å²) in [7, 11) is 0. The van der Waals surface area contributed by atoms with E-state index in [9.17, 15) is 0 Å². The second-order valence-electron chi connectivity index (χ2n) is 5.09. The molecule has 3 heteroatoms. The molecule has 1 aliphatic rings. The molecule has 1 aliphatic carbocycles. The third kappa shape index (κ3) is 3.57. The van der Waals surface area contributed by atoms with Crippen molar-refractivity contribution in [3.63, 3.8) is 0 Å². The number of nitrogens with one attached hydrogen (secondary N) is 1. The molecule has 0 fully saturated rings. The van der Waals surface area contributed by atoms with Gasteiger partial charge in [-0.1, -0.05) is 49.6 Å². The van der Waals surface area contributed by atoms with E-state index in [4.69, 9.17) is 0 Å². The van der Waals surface area contributed by atoms with Crippen LogP contribution < -0.4 is 15.9 Å². The van der Waals surface area contributed by atoms with E-state index in [1.165, 1.54) is 0 Å². The molecule has 0 atom stereocenters. The highest BCUT2D eigenvalue weighted by atomic mass is 15.0. The van der Waals surface area contributed by atoms with Gasteiger partial charge in [-0.05, 0) is 26.3 Å². The predicted octanol–water partition coefficient (Wildman–Crippen LogP) is 2.57. The van der Waals surface area contributed by atoms with Gasteiger partial charge >= 0.3 is 0 Å². The van der Waals surface area contributed by atoms with Gasteiger partial charge in [-0.2, -0.15) is 0 Å². The van der Waals surface area contributed by atoms with E-state index >= 15 is 0 Å². The SMILES string of the molecule is C=C/C=C(\C=C)c1nc(NC(C)C)c2c(n1)=CC=CCC=2. The standard InChI is InChI=1S/C18H21N3/c1-5-10-14(6-2)17-20-16-12-9-7-8-11-15(16)18(21-17)19-13(3)4/h5-7,9-13H,1-2,8H2,3-4H3,(H,19,20,21)/b14-10+. The lowest BCUT2D eigenvalue weighted by molar-refractivity contribution is 0.878. The Kier molecular flexibility index (Phi) is 4.88. The maximum atomic E-state index is 4.67. The van der Waals surface area contributed by atoms with Gasteiger partial charge in [-0.25, -0.2) is 9.97 Å². The summed E-state index contributed by atoms with van der Waals surface area (Å²) in [5.74, 6) is 1.52. The Hall–Kier alpha value is -2.42. The molecule has 0 saturated carbocycles. The maximum Gasteiger partial charge on any atom is 0.162 e. The number of anilines is 1. The van der Waals surface area contributed by atoms with Crippen LogP contribution in [0.1, 0.15) is 26.1 Å². The van der Waals surface area contributed by atoms with Crippen molar-refractivity contribution in [1.29, 1.82) is 0 Å². The number of hydrogen-bond donors (Lipinski definition) is 1. The molecule has 0 unspecified atom stereocenters. The second-order valence-corrected chi connectivity index (χ2v) is 5.09. The number of rotatable bonds is 5. The summed E-state index contributed by atoms with van der Waals surface area (Å²) < 4.78 is 0. The van der Waals surface area contributed by atoms with E-state index in [-0.39, 0.29) is 0 Å². The quantitative estimate of drug-likeness (QED) is 0.842. The fraction of sp³-hybridized carbons (Fsp3) is 0.222. The molecule has 1 aromatic rings. The van der Waals surface area contributed by atoms with Crippen LogP contribution in [0.3, 0.4) is 0 Å². The van der Waals surface area contributed by atoms with Gasteiger partial charge in [-0.15, -0.1) is 0 Å². The molecular formula is C18H21N3. The van der Waals surface area contributed by atoms with Gasteiger partial charge in [0.05, 0.1) is 5.35 Å². The van der Waals surface area contributed by atoms with Crippen molar-refractivity contribution in [2.45, 2.75) is 26.3 Å². The molecule has 2 rings (SSSR count). The van der Waals surface area contributed by atoms with Crippen LogP contribution in [-0.2, 0) is 0 Å². The first-order chi connectivity index (χ1) is 10.2. The minimum absolute atomic E-state index is 0.303. The van der Waals surface area contributed by atoms with Crippen molar-refractivity contribution in [2.24, 2.45) is 0 Å². The number of allylic oxidation sites excluding steroid dienone is 6. The highest BCUT2D eigenvalue weighted by Gasteiger charge is 2.08. The van der Waals surface area contributed by atoms with Gasteiger partial charge < -0.3 is 5.32 Å². The molecule has 108 valence electrons. The molecule has 1 N–H and O–H groups in total. The molecule has 0 aromatic carbocycles. The molecule has 3 nitrogen and oxygen atoms in total. The van der Waals surface area contributed by atoms with Crippen LogP contribution in [0.4, 0.5) is 5.82 Å². The minimum atomic E-state index is 0.303. The Morgan fingerprint density at radius 2 is 2.14 bits per heavy atom. The Bertz CT molecular complexity index is 722. The highest BCUT2D eigenvalue weighted by molar-refractivity contribution is 5.71. The van der Waals surface area contributed by atoms with Gasteiger partial charge in [0, 0.05) is 16.8 Å². The summed E-state index contributed by atoms with van der Waals surface area (Å²) in [4.78, 5) is 9.32. The average Bonchev–Trinajstić information content (AvgIpc) is 2.69. The fourth-order valence-corrected chi connectivity index (χ4v) is 2.11. The first kappa shape index (κ1) is 15.0. The van der Waals surface area contributed by atoms with Gasteiger partial charge in [0.1, 0.15) is 5.82 Å². The van der Waals surface area contributed by atoms with Crippen molar-refractivity contribution in [2.75, 3.05) is 5.32 Å². The van der Waals surface area contributed by atoms with Crippen molar-refractivity contribution < 1.29 is 0 Å². The smallest absolute Gasteiger partial charge is 0.162 e. The summed E-state index contributed by atoms with van der Waals surface area (Å²) >= 11 is 0. The number of nitrogens with zero attached hydrogens (tertiary/aromatic N) is 2. The van der Waals surface area contributed by atoms with Crippen molar-refractivity contribution in [3.8, 4) is 0 Å². The van der Waals surface area contributed by atoms with Crippen molar-refractivity contribution in [1.82, 2.24) is 9.97 Å². The maximum absolute atomic E-state index is 4.67. The molecule has 21 heavy (non-hydrogen) atoms. The Labute approximate surface area is 125 Å². The number of fused-ring (bicyclic) bond motifs is 1. The normalized spacial score (nSPS) is 13.8. The molecular weight excluding hydrogens is 258 g/mol. The zero-order chi connectivity index (χ0) is 15.2. The molecule has 1 heterocycles. The molecule has 1 aromatic heterocycles. The lowest BCUT2D eigenvalue weighted by Gasteiger charge is -2.12. The van der Waals surface area contributed by atoms with Gasteiger partial charge in [-0.3, -0.25) is 0 Å². The molecule has 0 saturated heterocycles. The lowest BCUT2D eigenvalue weighted by Crippen LogP contribution is -2.34. The Balaban J connectivity index is 2.71. The van der Waals surface area contributed by atoms with Gasteiger partial charge in [0.15, 0.2) is 5.82 Å². The lowest BCUT2D eigenvalue weighted by atomic mass is 10.2. The first-order valence-corrected chi connectivity index (χ1v) is 7.13. The van der Waals surface area contributed by atoms with Gasteiger partial charge in [0.2, 0.25) is 0 Å². The topological polar surface area (TPSA) is 37.8 Å². The monoisotopic (exact) mass is 279 g/mol. The molecule has 0 amide bonds. The van der Waals surface area contributed by atoms with Crippen LogP contribution in [-0.4, -0.2) is 16.0 Å². The summed E-state index contributed by atoms with van der Waals surface area (Å²) in [6, 6.07) is 0.303. The second kappa shape index (κ2) is 6.84. The third-order valence-corrected chi connectivity index (χ3v) is 3.02. The molecule has 0 aliphatic heterocycles. The zero-order valence-corrected chi connectivity index (χ0v) is 12.6. The molecule has 0 radical (unpaired) electrons. The summed E-state index contributed by atoms with van der Waals surface area (Å²) in [6.07, 6.45) is 14.5.